The number of phenolic OH excluding ortho intramolecular Hbond substituents is 1. The molecule has 0 radical (unpaired) electrons. The van der Waals surface area contributed by atoms with Crippen LogP contribution in [0.1, 0.15) is 0 Å². The Morgan fingerprint density at radius 2 is 1.50 bits per heavy atom. The average molecular weight is 136 g/mol. The molecule has 0 saturated carbocycles. The van der Waals surface area contributed by atoms with Gasteiger partial charge in [0.25, 0.3) is 0 Å². The van der Waals surface area contributed by atoms with E-state index in [-0.39, 0.29) is 37.7 Å². The van der Waals surface area contributed by atoms with Crippen LogP contribution in [-0.4, -0.2) is 42.8 Å². The predicted octanol–water partition coefficient (Wildman–Crippen LogP) is 0.476. The van der Waals surface area contributed by atoms with E-state index in [4.69, 9.17) is 5.11 Å². The van der Waals surface area contributed by atoms with E-state index in [9.17, 15) is 0 Å². The topological polar surface area (TPSA) is 20.2 Å². The van der Waals surface area contributed by atoms with Crippen LogP contribution in [0.4, 0.5) is 0 Å². The summed E-state index contributed by atoms with van der Waals surface area (Å²) in [5.74, 6) is 0.322. The third kappa shape index (κ3) is 2.55. The molecule has 0 bridgehead atoms. The van der Waals surface area contributed by atoms with E-state index >= 15 is 0 Å². The zero-order chi connectivity index (χ0) is 5.11. The summed E-state index contributed by atoms with van der Waals surface area (Å²) in [5, 5.41) is 8.63. The van der Waals surface area contributed by atoms with E-state index in [0.717, 1.165) is 0 Å². The molecule has 0 unspecified atom stereocenters. The van der Waals surface area contributed by atoms with Crippen molar-refractivity contribution in [2.45, 2.75) is 0 Å². The van der Waals surface area contributed by atoms with Gasteiger partial charge in [0, 0.05) is 0 Å². The average Bonchev–Trinajstić information content (AvgIpc) is 1.69. The van der Waals surface area contributed by atoms with Crippen LogP contribution < -0.4 is 0 Å². The maximum atomic E-state index is 8.63. The Balaban J connectivity index is 0.000000490. The number of hydrogen-bond acceptors (Lipinski definition) is 1. The van der Waals surface area contributed by atoms with Gasteiger partial charge in [-0.3, -0.25) is 0 Å². The third-order valence-electron chi connectivity index (χ3n) is 0.756. The molecule has 2 heteroatoms. The summed E-state index contributed by atoms with van der Waals surface area (Å²) in [7, 11) is 0. The Kier molecular flexibility index (Phi) is 4.33. The van der Waals surface area contributed by atoms with Crippen molar-refractivity contribution in [2.75, 3.05) is 0 Å². The maximum absolute atomic E-state index is 8.63. The Morgan fingerprint density at radius 3 is 1.75 bits per heavy atom. The van der Waals surface area contributed by atoms with Crippen LogP contribution in [0.25, 0.3) is 0 Å². The molecule has 1 aromatic carbocycles. The van der Waals surface area contributed by atoms with Crippen LogP contribution in [0.2, 0.25) is 0 Å². The molecule has 0 amide bonds. The van der Waals surface area contributed by atoms with Crippen molar-refractivity contribution in [3.63, 3.8) is 0 Å². The van der Waals surface area contributed by atoms with E-state index in [2.05, 4.69) is 0 Å². The van der Waals surface area contributed by atoms with Gasteiger partial charge in [-0.15, -0.1) is 0 Å². The van der Waals surface area contributed by atoms with Crippen molar-refractivity contribution in [3.8, 4) is 5.75 Å². The first kappa shape index (κ1) is 8.28. The van der Waals surface area contributed by atoms with Gasteiger partial charge in [-0.2, -0.15) is 0 Å². The summed E-state index contributed by atoms with van der Waals surface area (Å²) in [6.45, 7) is 0. The summed E-state index contributed by atoms with van der Waals surface area (Å²) >= 11 is 0. The predicted molar refractivity (Wildman–Crippen MR) is 36.7 cm³/mol. The van der Waals surface area contributed by atoms with E-state index in [1.807, 2.05) is 6.07 Å². The van der Waals surface area contributed by atoms with Gasteiger partial charge in [0.2, 0.25) is 0 Å². The Morgan fingerprint density at radius 1 is 1.00 bits per heavy atom. The standard InChI is InChI=1S/C6H6O.Ca.2H/c7-6-4-2-1-3-5-6;;;/h1-5,7H;;;. The van der Waals surface area contributed by atoms with Crippen LogP contribution in [0, 0.1) is 0 Å². The molecule has 0 aliphatic rings. The van der Waals surface area contributed by atoms with Crippen LogP contribution in [-0.2, 0) is 0 Å². The molecule has 0 heterocycles. The second-order valence-electron chi connectivity index (χ2n) is 1.34. The number of benzene rings is 1. The molecule has 0 aliphatic carbocycles. The molecule has 1 nitrogen and oxygen atoms in total. The van der Waals surface area contributed by atoms with Crippen LogP contribution in [0.5, 0.6) is 5.75 Å². The molecule has 0 aromatic heterocycles. The monoisotopic (exact) mass is 136 g/mol. The Hall–Kier alpha value is 0.280. The van der Waals surface area contributed by atoms with Gasteiger partial charge in [-0.25, -0.2) is 0 Å². The van der Waals surface area contributed by atoms with Crippen LogP contribution in [0.3, 0.4) is 0 Å². The van der Waals surface area contributed by atoms with Gasteiger partial charge in [0.05, 0.1) is 0 Å². The molecule has 40 valence electrons. The molecule has 1 rings (SSSR count). The number of rotatable bonds is 0. The van der Waals surface area contributed by atoms with Crippen molar-refractivity contribution >= 4 is 37.7 Å². The van der Waals surface area contributed by atoms with Crippen LogP contribution in [0.15, 0.2) is 30.3 Å². The third-order valence-corrected chi connectivity index (χ3v) is 0.756. The molecule has 0 spiro atoms. The quantitative estimate of drug-likeness (QED) is 0.514. The molecule has 1 aromatic rings. The van der Waals surface area contributed by atoms with Gasteiger partial charge < -0.3 is 5.11 Å². The van der Waals surface area contributed by atoms with Crippen LogP contribution >= 0.6 is 0 Å². The van der Waals surface area contributed by atoms with Crippen molar-refractivity contribution in [1.29, 1.82) is 0 Å². The second-order valence-corrected chi connectivity index (χ2v) is 1.34. The Bertz CT molecular complexity index is 138. The molecule has 0 fully saturated rings. The molecular weight excluding hydrogens is 128 g/mol. The van der Waals surface area contributed by atoms with Crippen molar-refractivity contribution < 1.29 is 5.11 Å². The van der Waals surface area contributed by atoms with E-state index in [0.29, 0.717) is 5.75 Å². The van der Waals surface area contributed by atoms with Crippen molar-refractivity contribution in [3.05, 3.63) is 30.3 Å². The number of phenols is 1. The minimum absolute atomic E-state index is 0. The SMILES string of the molecule is Oc1ccccc1.[CaH2]. The minimum atomic E-state index is 0. The first-order valence-corrected chi connectivity index (χ1v) is 2.13. The van der Waals surface area contributed by atoms with E-state index in [1.54, 1.807) is 24.3 Å². The fourth-order valence-electron chi connectivity index (χ4n) is 0.428. The van der Waals surface area contributed by atoms with Gasteiger partial charge in [-0.05, 0) is 12.1 Å². The molecular formula is C6H8CaO. The second kappa shape index (κ2) is 4.19. The number of aromatic hydroxyl groups is 1. The zero-order valence-corrected chi connectivity index (χ0v) is 3.83. The van der Waals surface area contributed by atoms with Gasteiger partial charge in [-0.1, -0.05) is 18.2 Å². The Labute approximate surface area is 78.3 Å². The summed E-state index contributed by atoms with van der Waals surface area (Å²) < 4.78 is 0. The molecule has 8 heavy (non-hydrogen) atoms. The van der Waals surface area contributed by atoms with Crippen molar-refractivity contribution in [2.24, 2.45) is 0 Å². The van der Waals surface area contributed by atoms with Gasteiger partial charge >= 0.3 is 37.7 Å². The van der Waals surface area contributed by atoms with E-state index in [1.165, 1.54) is 0 Å². The number of hydrogen-bond donors (Lipinski definition) is 1. The first-order chi connectivity index (χ1) is 3.39. The first-order valence-electron chi connectivity index (χ1n) is 2.13. The molecule has 0 atom stereocenters. The molecule has 1 N–H and O–H groups in total. The zero-order valence-electron chi connectivity index (χ0n) is 3.83. The summed E-state index contributed by atoms with van der Waals surface area (Å²) in [6.07, 6.45) is 0. The molecule has 0 saturated heterocycles. The normalized spacial score (nSPS) is 7.50. The fraction of sp³-hybridized carbons (Fsp3) is 0. The van der Waals surface area contributed by atoms with E-state index < -0.39 is 0 Å². The van der Waals surface area contributed by atoms with Crippen molar-refractivity contribution in [1.82, 2.24) is 0 Å². The fourth-order valence-corrected chi connectivity index (χ4v) is 0.428. The summed E-state index contributed by atoms with van der Waals surface area (Å²) in [5.41, 5.74) is 0. The summed E-state index contributed by atoms with van der Waals surface area (Å²) in [6, 6.07) is 8.71. The molecule has 0 aliphatic heterocycles. The van der Waals surface area contributed by atoms with Gasteiger partial charge in [0.1, 0.15) is 5.75 Å². The van der Waals surface area contributed by atoms with Gasteiger partial charge in [0.15, 0.2) is 0 Å². The summed E-state index contributed by atoms with van der Waals surface area (Å²) in [4.78, 5) is 0. The number of para-hydroxylation sites is 1.